The summed E-state index contributed by atoms with van der Waals surface area (Å²) in [6.07, 6.45) is 0. The van der Waals surface area contributed by atoms with Gasteiger partial charge in [0.25, 0.3) is 0 Å². The first-order chi connectivity index (χ1) is 8.90. The van der Waals surface area contributed by atoms with Crippen LogP contribution in [0.1, 0.15) is 10.4 Å². The Morgan fingerprint density at radius 3 is 2.68 bits per heavy atom. The third kappa shape index (κ3) is 4.20. The van der Waals surface area contributed by atoms with Crippen LogP contribution >= 0.6 is 53.0 Å². The van der Waals surface area contributed by atoms with Gasteiger partial charge in [-0.25, -0.2) is 18.6 Å². The third-order valence-corrected chi connectivity index (χ3v) is 3.55. The summed E-state index contributed by atoms with van der Waals surface area (Å²) in [5.41, 5.74) is 0.0675. The average Bonchev–Trinajstić information content (AvgIpc) is 2.39. The highest BCUT2D eigenvalue weighted by molar-refractivity contribution is 9.10. The van der Waals surface area contributed by atoms with Gasteiger partial charge in [0.2, 0.25) is 0 Å². The number of carbonyl (C=O) groups is 1. The van der Waals surface area contributed by atoms with Gasteiger partial charge in [0, 0.05) is 4.47 Å². The minimum atomic E-state index is -0.737. The standard InChI is InChI=1S/C10H7BrClFN2O2S2/c1-17-10(16)5-2-4(13)3-6(11)7(5)14-9(18)8(12)15-19/h2-3,19H,1H3,(H,14,18)/b15-8+. The predicted octanol–water partition coefficient (Wildman–Crippen LogP) is 3.82. The maximum atomic E-state index is 13.3. The lowest BCUT2D eigenvalue weighted by atomic mass is 10.2. The molecule has 4 nitrogen and oxygen atoms in total. The van der Waals surface area contributed by atoms with Crippen molar-refractivity contribution in [2.45, 2.75) is 0 Å². The van der Waals surface area contributed by atoms with Gasteiger partial charge in [-0.1, -0.05) is 11.6 Å². The second kappa shape index (κ2) is 7.28. The summed E-state index contributed by atoms with van der Waals surface area (Å²) < 4.78 is 21.5. The molecule has 102 valence electrons. The number of ether oxygens (including phenoxy) is 1. The maximum absolute atomic E-state index is 13.3. The molecule has 19 heavy (non-hydrogen) atoms. The summed E-state index contributed by atoms with van der Waals surface area (Å²) in [7, 11) is 1.18. The summed E-state index contributed by atoms with van der Waals surface area (Å²) in [6, 6.07) is 2.15. The van der Waals surface area contributed by atoms with E-state index in [0.29, 0.717) is 0 Å². The first kappa shape index (κ1) is 16.5. The number of aliphatic imine (C=N–C) groups is 1. The highest BCUT2D eigenvalue weighted by Gasteiger charge is 2.17. The van der Waals surface area contributed by atoms with Crippen molar-refractivity contribution in [1.29, 1.82) is 0 Å². The molecule has 0 N–H and O–H groups in total. The summed E-state index contributed by atoms with van der Waals surface area (Å²) in [4.78, 5) is 15.6. The van der Waals surface area contributed by atoms with E-state index in [1.165, 1.54) is 7.11 Å². The molecule has 1 aromatic rings. The van der Waals surface area contributed by atoms with E-state index in [1.807, 2.05) is 0 Å². The van der Waals surface area contributed by atoms with Gasteiger partial charge in [-0.3, -0.25) is 0 Å². The van der Waals surface area contributed by atoms with E-state index in [-0.39, 0.29) is 25.9 Å². The van der Waals surface area contributed by atoms with Gasteiger partial charge in [-0.2, -0.15) is 0 Å². The Bertz CT molecular complexity index is 581. The van der Waals surface area contributed by atoms with Crippen molar-refractivity contribution in [3.8, 4) is 0 Å². The molecule has 0 fully saturated rings. The smallest absolute Gasteiger partial charge is 0.340 e. The van der Waals surface area contributed by atoms with Crippen molar-refractivity contribution in [1.82, 2.24) is 0 Å². The van der Waals surface area contributed by atoms with Gasteiger partial charge in [-0.05, 0) is 40.9 Å². The zero-order chi connectivity index (χ0) is 14.6. The van der Waals surface area contributed by atoms with Gasteiger partial charge < -0.3 is 4.74 Å². The zero-order valence-corrected chi connectivity index (χ0v) is 13.5. The molecule has 0 radical (unpaired) electrons. The number of thiol groups is 2. The third-order valence-electron chi connectivity index (χ3n) is 1.92. The Balaban J connectivity index is 3.46. The number of hydrogen-bond acceptors (Lipinski definition) is 5. The second-order valence-corrected chi connectivity index (χ2v) is 4.94. The van der Waals surface area contributed by atoms with Crippen molar-refractivity contribution >= 4 is 74.8 Å². The molecule has 0 spiro atoms. The molecular weight excluding hydrogens is 379 g/mol. The molecule has 0 aliphatic carbocycles. The minimum Gasteiger partial charge on any atom is -0.465 e. The average molecular weight is 386 g/mol. The van der Waals surface area contributed by atoms with Gasteiger partial charge in [0.15, 0.2) is 5.17 Å². The summed E-state index contributed by atoms with van der Waals surface area (Å²) in [5.74, 6) is -1.35. The van der Waals surface area contributed by atoms with Crippen LogP contribution in [0.2, 0.25) is 0 Å². The summed E-state index contributed by atoms with van der Waals surface area (Å²) in [5, 5.41) is -0.0483. The van der Waals surface area contributed by atoms with Crippen LogP contribution in [0.3, 0.4) is 0 Å². The van der Waals surface area contributed by atoms with Crippen LogP contribution in [0.5, 0.6) is 0 Å². The molecule has 0 amide bonds. The van der Waals surface area contributed by atoms with Crippen LogP contribution < -0.4 is 0 Å². The Hall–Kier alpha value is -0.570. The van der Waals surface area contributed by atoms with E-state index in [4.69, 9.17) is 11.6 Å². The van der Waals surface area contributed by atoms with E-state index in [1.54, 1.807) is 0 Å². The topological polar surface area (TPSA) is 51.0 Å². The Kier molecular flexibility index (Phi) is 6.31. The monoisotopic (exact) mass is 384 g/mol. The van der Waals surface area contributed by atoms with Crippen LogP contribution in [-0.2, 0) is 4.74 Å². The molecule has 1 aromatic carbocycles. The second-order valence-electron chi connectivity index (χ2n) is 3.10. The quantitative estimate of drug-likeness (QED) is 0.360. The lowest BCUT2D eigenvalue weighted by Crippen LogP contribution is -2.04. The van der Waals surface area contributed by atoms with Crippen LogP contribution in [0.4, 0.5) is 10.1 Å². The molecule has 1 rings (SSSR count). The van der Waals surface area contributed by atoms with E-state index in [2.05, 4.69) is 55.5 Å². The van der Waals surface area contributed by atoms with E-state index >= 15 is 0 Å². The molecule has 0 unspecified atom stereocenters. The largest absolute Gasteiger partial charge is 0.465 e. The van der Waals surface area contributed by atoms with Crippen LogP contribution in [0, 0.1) is 5.82 Å². The first-order valence-electron chi connectivity index (χ1n) is 4.63. The number of nitrogens with zero attached hydrogens (tertiary/aromatic N) is 2. The van der Waals surface area contributed by atoms with Crippen molar-refractivity contribution in [3.63, 3.8) is 0 Å². The number of benzene rings is 1. The predicted molar refractivity (Wildman–Crippen MR) is 83.8 cm³/mol. The Labute approximate surface area is 133 Å². The summed E-state index contributed by atoms with van der Waals surface area (Å²) >= 11 is 16.4. The molecule has 0 heterocycles. The van der Waals surface area contributed by atoms with Crippen molar-refractivity contribution < 1.29 is 13.9 Å². The van der Waals surface area contributed by atoms with Gasteiger partial charge >= 0.3 is 5.97 Å². The number of methoxy groups -OCH3 is 1. The molecule has 0 atom stereocenters. The SMILES string of the molecule is COC(=O)c1cc(F)cc(Br)c1/N=C(S)/C(Cl)=N\S. The number of halogens is 3. The fourth-order valence-corrected chi connectivity index (χ4v) is 2.03. The van der Waals surface area contributed by atoms with Crippen LogP contribution in [0.25, 0.3) is 0 Å². The number of hydrogen-bond donors (Lipinski definition) is 2. The normalized spacial score (nSPS) is 12.5. The summed E-state index contributed by atoms with van der Waals surface area (Å²) in [6.45, 7) is 0. The van der Waals surface area contributed by atoms with Crippen molar-refractivity contribution in [2.24, 2.45) is 9.39 Å². The molecule has 0 bridgehead atoms. The lowest BCUT2D eigenvalue weighted by molar-refractivity contribution is 0.0601. The molecule has 9 heteroatoms. The maximum Gasteiger partial charge on any atom is 0.340 e. The number of esters is 1. The number of rotatable bonds is 3. The molecular formula is C10H7BrClFN2O2S2. The highest BCUT2D eigenvalue weighted by Crippen LogP contribution is 2.32. The highest BCUT2D eigenvalue weighted by atomic mass is 79.9. The zero-order valence-electron chi connectivity index (χ0n) is 9.39. The van der Waals surface area contributed by atoms with Gasteiger partial charge in [-0.15, -0.1) is 12.6 Å². The van der Waals surface area contributed by atoms with Crippen molar-refractivity contribution in [2.75, 3.05) is 7.11 Å². The molecule has 0 saturated carbocycles. The first-order valence-corrected chi connectivity index (χ1v) is 6.65. The molecule has 0 aromatic heterocycles. The van der Waals surface area contributed by atoms with Gasteiger partial charge in [0.05, 0.1) is 18.4 Å². The molecule has 0 aliphatic heterocycles. The van der Waals surface area contributed by atoms with Crippen LogP contribution in [-0.4, -0.2) is 23.3 Å². The van der Waals surface area contributed by atoms with Gasteiger partial charge in [0.1, 0.15) is 10.9 Å². The lowest BCUT2D eigenvalue weighted by Gasteiger charge is -2.07. The molecule has 0 aliphatic rings. The fraction of sp³-hybridized carbons (Fsp3) is 0.100. The van der Waals surface area contributed by atoms with Crippen LogP contribution in [0.15, 0.2) is 26.0 Å². The fourth-order valence-electron chi connectivity index (χ4n) is 1.14. The van der Waals surface area contributed by atoms with E-state index in [0.717, 1.165) is 12.1 Å². The Morgan fingerprint density at radius 2 is 2.16 bits per heavy atom. The van der Waals surface area contributed by atoms with E-state index < -0.39 is 11.8 Å². The van der Waals surface area contributed by atoms with Crippen molar-refractivity contribution in [3.05, 3.63) is 28.0 Å². The molecule has 0 saturated heterocycles. The Morgan fingerprint density at radius 1 is 1.53 bits per heavy atom. The minimum absolute atomic E-state index is 0.0223. The number of carbonyl (C=O) groups excluding carboxylic acids is 1. The van der Waals surface area contributed by atoms with E-state index in [9.17, 15) is 9.18 Å².